The minimum Gasteiger partial charge on any atom is -0.493 e. The fourth-order valence-electron chi connectivity index (χ4n) is 3.48. The van der Waals surface area contributed by atoms with Gasteiger partial charge in [-0.05, 0) is 56.9 Å². The highest BCUT2D eigenvalue weighted by Crippen LogP contribution is 2.32. The van der Waals surface area contributed by atoms with E-state index in [0.717, 1.165) is 49.2 Å². The number of piperidine rings is 1. The van der Waals surface area contributed by atoms with Crippen LogP contribution in [0.25, 0.3) is 0 Å². The van der Waals surface area contributed by atoms with Crippen molar-refractivity contribution >= 4 is 0 Å². The highest BCUT2D eigenvalue weighted by atomic mass is 16.5. The van der Waals surface area contributed by atoms with Crippen LogP contribution in [-0.2, 0) is 13.2 Å². The molecule has 2 aromatic carbocycles. The van der Waals surface area contributed by atoms with Gasteiger partial charge < -0.3 is 20.1 Å². The molecule has 4 heteroatoms. The van der Waals surface area contributed by atoms with Gasteiger partial charge in [-0.15, -0.1) is 0 Å². The molecule has 0 aliphatic carbocycles. The van der Waals surface area contributed by atoms with Crippen LogP contribution in [0.2, 0.25) is 0 Å². The van der Waals surface area contributed by atoms with E-state index in [1.807, 2.05) is 12.1 Å². The Bertz CT molecular complexity index is 696. The van der Waals surface area contributed by atoms with Gasteiger partial charge in [-0.25, -0.2) is 0 Å². The minimum atomic E-state index is 0.545. The molecular formula is C22H30N2O2. The first-order valence-electron chi connectivity index (χ1n) is 9.52. The zero-order valence-corrected chi connectivity index (χ0v) is 15.9. The lowest BCUT2D eigenvalue weighted by molar-refractivity contribution is 0.280. The van der Waals surface area contributed by atoms with Crippen LogP contribution in [0.4, 0.5) is 0 Å². The molecule has 1 fully saturated rings. The van der Waals surface area contributed by atoms with Gasteiger partial charge in [0.1, 0.15) is 6.61 Å². The first-order chi connectivity index (χ1) is 12.8. The van der Waals surface area contributed by atoms with Gasteiger partial charge in [0.15, 0.2) is 11.5 Å². The fourth-order valence-corrected chi connectivity index (χ4v) is 3.48. The first-order valence-corrected chi connectivity index (χ1v) is 9.52. The fraction of sp³-hybridized carbons (Fsp3) is 0.455. The number of rotatable bonds is 8. The van der Waals surface area contributed by atoms with Gasteiger partial charge in [0, 0.05) is 12.1 Å². The lowest BCUT2D eigenvalue weighted by atomic mass is 9.98. The van der Waals surface area contributed by atoms with Crippen LogP contribution >= 0.6 is 0 Å². The molecule has 0 saturated carbocycles. The summed E-state index contributed by atoms with van der Waals surface area (Å²) in [5, 5.41) is 7.03. The Balaban J connectivity index is 1.63. The number of hydrogen-bond donors (Lipinski definition) is 2. The number of aryl methyl sites for hydroxylation is 1. The van der Waals surface area contributed by atoms with Crippen LogP contribution in [0.3, 0.4) is 0 Å². The van der Waals surface area contributed by atoms with Crippen LogP contribution in [0.5, 0.6) is 11.5 Å². The maximum Gasteiger partial charge on any atom is 0.166 e. The molecule has 1 aliphatic rings. The summed E-state index contributed by atoms with van der Waals surface area (Å²) in [7, 11) is 1.70. The van der Waals surface area contributed by atoms with E-state index in [0.29, 0.717) is 6.61 Å². The van der Waals surface area contributed by atoms with E-state index < -0.39 is 0 Å². The van der Waals surface area contributed by atoms with Gasteiger partial charge in [-0.3, -0.25) is 0 Å². The summed E-state index contributed by atoms with van der Waals surface area (Å²) in [6.07, 6.45) is 2.50. The van der Waals surface area contributed by atoms with Crippen molar-refractivity contribution in [2.75, 3.05) is 26.7 Å². The van der Waals surface area contributed by atoms with Crippen LogP contribution < -0.4 is 20.1 Å². The predicted octanol–water partition coefficient (Wildman–Crippen LogP) is 3.67. The molecule has 1 aliphatic heterocycles. The van der Waals surface area contributed by atoms with Crippen LogP contribution in [0, 0.1) is 12.8 Å². The summed E-state index contributed by atoms with van der Waals surface area (Å²) in [6.45, 7) is 6.76. The van der Waals surface area contributed by atoms with E-state index in [1.54, 1.807) is 7.11 Å². The van der Waals surface area contributed by atoms with E-state index in [9.17, 15) is 0 Å². The van der Waals surface area contributed by atoms with Gasteiger partial charge in [0.2, 0.25) is 0 Å². The average molecular weight is 354 g/mol. The van der Waals surface area contributed by atoms with Crippen molar-refractivity contribution < 1.29 is 9.47 Å². The van der Waals surface area contributed by atoms with Crippen LogP contribution in [0.15, 0.2) is 42.5 Å². The summed E-state index contributed by atoms with van der Waals surface area (Å²) < 4.78 is 11.7. The number of hydrogen-bond acceptors (Lipinski definition) is 4. The number of methoxy groups -OCH3 is 1. The Kier molecular flexibility index (Phi) is 6.92. The van der Waals surface area contributed by atoms with Crippen molar-refractivity contribution in [3.05, 3.63) is 59.2 Å². The van der Waals surface area contributed by atoms with E-state index in [4.69, 9.17) is 9.47 Å². The van der Waals surface area contributed by atoms with Crippen LogP contribution in [-0.4, -0.2) is 26.7 Å². The quantitative estimate of drug-likeness (QED) is 0.759. The standard InChI is InChI=1S/C22H30N2O2/c1-17-5-3-6-19(13-17)16-26-22-20(7-4-8-21(22)25-2)15-24-14-18-9-11-23-12-10-18/h3-8,13,18,23-24H,9-12,14-16H2,1-2H3. The summed E-state index contributed by atoms with van der Waals surface area (Å²) in [4.78, 5) is 0. The van der Waals surface area contributed by atoms with Gasteiger partial charge >= 0.3 is 0 Å². The van der Waals surface area contributed by atoms with Crippen molar-refractivity contribution in [1.82, 2.24) is 10.6 Å². The topological polar surface area (TPSA) is 42.5 Å². The molecule has 0 aromatic heterocycles. The highest BCUT2D eigenvalue weighted by molar-refractivity contribution is 5.46. The molecule has 0 radical (unpaired) electrons. The number of ether oxygens (including phenoxy) is 2. The summed E-state index contributed by atoms with van der Waals surface area (Å²) in [5.41, 5.74) is 3.56. The van der Waals surface area contributed by atoms with Crippen molar-refractivity contribution in [3.63, 3.8) is 0 Å². The van der Waals surface area contributed by atoms with Crippen molar-refractivity contribution in [3.8, 4) is 11.5 Å². The molecule has 0 spiro atoms. The van der Waals surface area contributed by atoms with E-state index in [-0.39, 0.29) is 0 Å². The van der Waals surface area contributed by atoms with E-state index in [1.165, 1.54) is 24.0 Å². The van der Waals surface area contributed by atoms with Crippen molar-refractivity contribution in [1.29, 1.82) is 0 Å². The Morgan fingerprint density at radius 3 is 2.69 bits per heavy atom. The van der Waals surface area contributed by atoms with E-state index >= 15 is 0 Å². The second-order valence-electron chi connectivity index (χ2n) is 7.05. The second kappa shape index (κ2) is 9.60. The van der Waals surface area contributed by atoms with Gasteiger partial charge in [-0.2, -0.15) is 0 Å². The maximum atomic E-state index is 6.17. The zero-order chi connectivity index (χ0) is 18.2. The molecule has 4 nitrogen and oxygen atoms in total. The minimum absolute atomic E-state index is 0.545. The second-order valence-corrected chi connectivity index (χ2v) is 7.05. The monoisotopic (exact) mass is 354 g/mol. The Morgan fingerprint density at radius 1 is 1.12 bits per heavy atom. The molecule has 140 valence electrons. The van der Waals surface area contributed by atoms with Crippen LogP contribution in [0.1, 0.15) is 29.5 Å². The summed E-state index contributed by atoms with van der Waals surface area (Å²) >= 11 is 0. The lowest BCUT2D eigenvalue weighted by Crippen LogP contribution is -2.33. The predicted molar refractivity (Wildman–Crippen MR) is 106 cm³/mol. The summed E-state index contributed by atoms with van der Waals surface area (Å²) in [6, 6.07) is 14.5. The van der Waals surface area contributed by atoms with Gasteiger partial charge in [0.25, 0.3) is 0 Å². The third kappa shape index (κ3) is 5.23. The normalized spacial score (nSPS) is 15.0. The van der Waals surface area contributed by atoms with Gasteiger partial charge in [0.05, 0.1) is 7.11 Å². The maximum absolute atomic E-state index is 6.17. The Hall–Kier alpha value is -2.04. The molecule has 1 saturated heterocycles. The molecule has 0 amide bonds. The molecule has 2 N–H and O–H groups in total. The molecule has 1 heterocycles. The zero-order valence-electron chi connectivity index (χ0n) is 15.9. The number of para-hydroxylation sites is 1. The Morgan fingerprint density at radius 2 is 1.92 bits per heavy atom. The molecular weight excluding hydrogens is 324 g/mol. The summed E-state index contributed by atoms with van der Waals surface area (Å²) in [5.74, 6) is 2.40. The van der Waals surface area contributed by atoms with Crippen molar-refractivity contribution in [2.24, 2.45) is 5.92 Å². The number of nitrogens with one attached hydrogen (secondary N) is 2. The highest BCUT2D eigenvalue weighted by Gasteiger charge is 2.14. The molecule has 0 bridgehead atoms. The third-order valence-corrected chi connectivity index (χ3v) is 4.95. The lowest BCUT2D eigenvalue weighted by Gasteiger charge is -2.23. The van der Waals surface area contributed by atoms with E-state index in [2.05, 4.69) is 47.9 Å². The largest absolute Gasteiger partial charge is 0.493 e. The van der Waals surface area contributed by atoms with Gasteiger partial charge in [-0.1, -0.05) is 42.0 Å². The average Bonchev–Trinajstić information content (AvgIpc) is 2.67. The Labute approximate surface area is 156 Å². The molecule has 0 unspecified atom stereocenters. The van der Waals surface area contributed by atoms with Crippen molar-refractivity contribution in [2.45, 2.75) is 32.9 Å². The first kappa shape index (κ1) is 18.7. The molecule has 0 atom stereocenters. The SMILES string of the molecule is COc1cccc(CNCC2CCNCC2)c1OCc1cccc(C)c1. The smallest absolute Gasteiger partial charge is 0.166 e. The third-order valence-electron chi connectivity index (χ3n) is 4.95. The molecule has 2 aromatic rings. The molecule has 26 heavy (non-hydrogen) atoms. The molecule has 3 rings (SSSR count). The number of benzene rings is 2.